The monoisotopic (exact) mass is 470 g/mol. The van der Waals surface area contributed by atoms with Crippen molar-refractivity contribution in [3.05, 3.63) is 77.0 Å². The molecule has 1 N–H and O–H groups in total. The third-order valence-electron chi connectivity index (χ3n) is 5.27. The number of carbonyl (C=O) groups excluding carboxylic acids is 1. The largest absolute Gasteiger partial charge is 1.00 e. The summed E-state index contributed by atoms with van der Waals surface area (Å²) in [5, 5.41) is 6.25. The number of thiazole rings is 1. The fourth-order valence-electron chi connectivity index (χ4n) is 3.88. The van der Waals surface area contributed by atoms with Gasteiger partial charge in [0, 0.05) is 21.5 Å². The van der Waals surface area contributed by atoms with Crippen LogP contribution >= 0.6 is 22.9 Å². The van der Waals surface area contributed by atoms with E-state index < -0.39 is 0 Å². The molecule has 0 fully saturated rings. The maximum absolute atomic E-state index is 12.7. The second-order valence-corrected chi connectivity index (χ2v) is 8.57. The first kappa shape index (κ1) is 21.6. The molecule has 1 aliphatic heterocycles. The van der Waals surface area contributed by atoms with Crippen LogP contribution < -0.4 is 22.3 Å². The quantitative estimate of drug-likeness (QED) is 0.452. The van der Waals surface area contributed by atoms with E-state index in [0.717, 1.165) is 46.9 Å². The van der Waals surface area contributed by atoms with Crippen molar-refractivity contribution in [2.45, 2.75) is 25.9 Å². The molecule has 158 valence electrons. The van der Waals surface area contributed by atoms with E-state index in [0.29, 0.717) is 5.13 Å². The van der Waals surface area contributed by atoms with Gasteiger partial charge in [-0.3, -0.25) is 10.1 Å². The molecular weight excluding hydrogens is 451 g/mol. The van der Waals surface area contributed by atoms with Gasteiger partial charge in [0.1, 0.15) is 6.20 Å². The molecule has 2 aromatic carbocycles. The van der Waals surface area contributed by atoms with Crippen molar-refractivity contribution < 1.29 is 21.8 Å². The van der Waals surface area contributed by atoms with Crippen molar-refractivity contribution >= 4 is 34.0 Å². The lowest BCUT2D eigenvalue weighted by Crippen LogP contribution is -3.00. The van der Waals surface area contributed by atoms with E-state index in [1.807, 2.05) is 60.0 Å². The number of rotatable bonds is 5. The third kappa shape index (κ3) is 4.51. The maximum atomic E-state index is 12.7. The number of nitrogens with one attached hydrogen (secondary N) is 1. The average molecular weight is 471 g/mol. The number of hydrogen-bond donors (Lipinski definition) is 1. The van der Waals surface area contributed by atoms with Gasteiger partial charge in [-0.15, -0.1) is 11.3 Å². The SMILES string of the molecule is O=C(C[n+]1cc(-c2ccc(Cl)cc2)n2c1CCC2)Nc1nc(-c2ccccc2)cs1.[Cl-]. The van der Waals surface area contributed by atoms with Crippen molar-refractivity contribution in [1.82, 2.24) is 9.55 Å². The number of hydrogen-bond acceptors (Lipinski definition) is 3. The van der Waals surface area contributed by atoms with Crippen LogP contribution in [0.1, 0.15) is 12.2 Å². The van der Waals surface area contributed by atoms with Gasteiger partial charge in [-0.25, -0.2) is 14.1 Å². The Labute approximate surface area is 195 Å². The summed E-state index contributed by atoms with van der Waals surface area (Å²) in [6.45, 7) is 1.23. The molecule has 0 unspecified atom stereocenters. The predicted octanol–water partition coefficient (Wildman–Crippen LogP) is 1.81. The van der Waals surface area contributed by atoms with E-state index in [-0.39, 0.29) is 24.9 Å². The van der Waals surface area contributed by atoms with Crippen LogP contribution in [0.3, 0.4) is 0 Å². The van der Waals surface area contributed by atoms with Crippen LogP contribution in [-0.4, -0.2) is 15.5 Å². The summed E-state index contributed by atoms with van der Waals surface area (Å²) in [5.74, 6) is 1.11. The second-order valence-electron chi connectivity index (χ2n) is 7.27. The molecule has 3 heterocycles. The Balaban J connectivity index is 0.00000231. The number of amides is 1. The Bertz CT molecular complexity index is 1200. The van der Waals surface area contributed by atoms with Crippen LogP contribution in [0.5, 0.6) is 0 Å². The molecule has 0 bridgehead atoms. The van der Waals surface area contributed by atoms with E-state index in [2.05, 4.69) is 25.6 Å². The fraction of sp³-hybridized carbons (Fsp3) is 0.174. The highest BCUT2D eigenvalue weighted by Crippen LogP contribution is 2.27. The van der Waals surface area contributed by atoms with Crippen molar-refractivity contribution in [1.29, 1.82) is 0 Å². The molecule has 0 spiro atoms. The number of imidazole rings is 1. The van der Waals surface area contributed by atoms with Gasteiger partial charge in [0.05, 0.1) is 18.7 Å². The molecular formula is C23H20Cl2N4OS. The zero-order valence-electron chi connectivity index (χ0n) is 16.6. The highest BCUT2D eigenvalue weighted by Gasteiger charge is 2.29. The van der Waals surface area contributed by atoms with Crippen LogP contribution in [0.15, 0.2) is 66.2 Å². The first-order chi connectivity index (χ1) is 14.7. The number of aromatic nitrogens is 3. The summed E-state index contributed by atoms with van der Waals surface area (Å²) in [6.07, 6.45) is 4.12. The smallest absolute Gasteiger partial charge is 0.268 e. The van der Waals surface area contributed by atoms with E-state index in [1.54, 1.807) is 0 Å². The van der Waals surface area contributed by atoms with E-state index in [4.69, 9.17) is 11.6 Å². The van der Waals surface area contributed by atoms with Crippen molar-refractivity contribution in [2.75, 3.05) is 5.32 Å². The van der Waals surface area contributed by atoms with Gasteiger partial charge in [-0.2, -0.15) is 0 Å². The molecule has 0 saturated carbocycles. The lowest BCUT2D eigenvalue weighted by molar-refractivity contribution is -0.690. The normalized spacial score (nSPS) is 12.3. The molecule has 5 nitrogen and oxygen atoms in total. The Morgan fingerprint density at radius 2 is 1.90 bits per heavy atom. The number of anilines is 1. The minimum Gasteiger partial charge on any atom is -1.00 e. The first-order valence-electron chi connectivity index (χ1n) is 9.86. The minimum atomic E-state index is -0.0723. The lowest BCUT2D eigenvalue weighted by atomic mass is 10.2. The third-order valence-corrected chi connectivity index (χ3v) is 6.28. The van der Waals surface area contributed by atoms with Crippen molar-refractivity contribution in [2.24, 2.45) is 0 Å². The van der Waals surface area contributed by atoms with Crippen LogP contribution in [-0.2, 0) is 24.3 Å². The summed E-state index contributed by atoms with van der Waals surface area (Å²) in [7, 11) is 0. The van der Waals surface area contributed by atoms with Gasteiger partial charge in [-0.1, -0.05) is 41.9 Å². The molecule has 1 aliphatic rings. The number of fused-ring (bicyclic) bond motifs is 1. The van der Waals surface area contributed by atoms with E-state index in [1.165, 1.54) is 17.2 Å². The molecule has 5 rings (SSSR count). The van der Waals surface area contributed by atoms with Gasteiger partial charge in [0.2, 0.25) is 0 Å². The Morgan fingerprint density at radius 3 is 2.68 bits per heavy atom. The summed E-state index contributed by atoms with van der Waals surface area (Å²) >= 11 is 7.48. The van der Waals surface area contributed by atoms with E-state index >= 15 is 0 Å². The number of nitrogens with zero attached hydrogens (tertiary/aromatic N) is 3. The Morgan fingerprint density at radius 1 is 1.13 bits per heavy atom. The summed E-state index contributed by atoms with van der Waals surface area (Å²) < 4.78 is 4.35. The topological polar surface area (TPSA) is 50.8 Å². The molecule has 31 heavy (non-hydrogen) atoms. The summed E-state index contributed by atoms with van der Waals surface area (Å²) in [4.78, 5) is 17.3. The minimum absolute atomic E-state index is 0. The van der Waals surface area contributed by atoms with E-state index in [9.17, 15) is 4.79 Å². The van der Waals surface area contributed by atoms with Gasteiger partial charge in [0.15, 0.2) is 17.4 Å². The fourth-order valence-corrected chi connectivity index (χ4v) is 4.75. The molecule has 0 atom stereocenters. The molecule has 8 heteroatoms. The second kappa shape index (κ2) is 9.22. The highest BCUT2D eigenvalue weighted by molar-refractivity contribution is 7.14. The van der Waals surface area contributed by atoms with Crippen LogP contribution in [0, 0.1) is 0 Å². The highest BCUT2D eigenvalue weighted by atomic mass is 35.5. The molecule has 0 radical (unpaired) electrons. The molecule has 0 saturated heterocycles. The molecule has 0 aliphatic carbocycles. The maximum Gasteiger partial charge on any atom is 0.268 e. The van der Waals surface area contributed by atoms with Gasteiger partial charge in [0.25, 0.3) is 11.7 Å². The lowest BCUT2D eigenvalue weighted by Gasteiger charge is -2.00. The molecule has 2 aromatic heterocycles. The predicted molar refractivity (Wildman–Crippen MR) is 120 cm³/mol. The first-order valence-corrected chi connectivity index (χ1v) is 11.1. The zero-order chi connectivity index (χ0) is 20.5. The van der Waals surface area contributed by atoms with Gasteiger partial charge >= 0.3 is 0 Å². The van der Waals surface area contributed by atoms with Crippen LogP contribution in [0.4, 0.5) is 5.13 Å². The van der Waals surface area contributed by atoms with Crippen molar-refractivity contribution in [3.8, 4) is 22.5 Å². The number of carbonyl (C=O) groups is 1. The van der Waals surface area contributed by atoms with Gasteiger partial charge in [-0.05, 0) is 30.7 Å². The summed E-state index contributed by atoms with van der Waals surface area (Å²) in [5.41, 5.74) is 4.14. The number of halogens is 2. The Hall–Kier alpha value is -2.67. The summed E-state index contributed by atoms with van der Waals surface area (Å²) in [6, 6.07) is 17.8. The molecule has 1 amide bonds. The van der Waals surface area contributed by atoms with Crippen molar-refractivity contribution in [3.63, 3.8) is 0 Å². The zero-order valence-corrected chi connectivity index (χ0v) is 18.9. The molecule has 4 aromatic rings. The average Bonchev–Trinajstić information content (AvgIpc) is 3.48. The van der Waals surface area contributed by atoms with Crippen LogP contribution in [0.25, 0.3) is 22.5 Å². The number of benzene rings is 2. The standard InChI is InChI=1S/C23H19ClN4OS.ClH/c24-18-10-8-17(9-11-18)20-13-27(22-7-4-12-28(20)22)14-21(29)26-23-25-19(15-30-23)16-5-2-1-3-6-16;/h1-3,5-6,8-11,13,15H,4,7,12,14H2;1H. The Kier molecular flexibility index (Phi) is 6.41. The van der Waals surface area contributed by atoms with Crippen LogP contribution in [0.2, 0.25) is 5.02 Å². The van der Waals surface area contributed by atoms with Gasteiger partial charge < -0.3 is 12.4 Å².